The smallest absolute Gasteiger partial charge is 0.228 e. The van der Waals surface area contributed by atoms with Crippen molar-refractivity contribution in [3.8, 4) is 12.3 Å². The van der Waals surface area contributed by atoms with Gasteiger partial charge in [-0.15, -0.1) is 12.3 Å². The predicted octanol–water partition coefficient (Wildman–Crippen LogP) is 0.958. The molecular formula is C12H13N3O. The van der Waals surface area contributed by atoms with E-state index in [2.05, 4.69) is 10.9 Å². The lowest BCUT2D eigenvalue weighted by atomic mass is 10.1. The van der Waals surface area contributed by atoms with Crippen molar-refractivity contribution in [2.24, 2.45) is 5.92 Å². The maximum Gasteiger partial charge on any atom is 0.228 e. The monoisotopic (exact) mass is 215 g/mol. The van der Waals surface area contributed by atoms with E-state index in [1.54, 1.807) is 11.1 Å². The van der Waals surface area contributed by atoms with Crippen LogP contribution in [0.5, 0.6) is 0 Å². The van der Waals surface area contributed by atoms with E-state index >= 15 is 0 Å². The zero-order chi connectivity index (χ0) is 11.7. The third-order valence-electron chi connectivity index (χ3n) is 2.78. The number of nitrogens with two attached hydrogens (primary N) is 1. The maximum absolute atomic E-state index is 11.8. The Kier molecular flexibility index (Phi) is 2.53. The summed E-state index contributed by atoms with van der Waals surface area (Å²) in [7, 11) is 0. The molecule has 1 aliphatic rings. The molecule has 1 aromatic rings. The molecule has 2 rings (SSSR count). The second-order valence-corrected chi connectivity index (χ2v) is 3.93. The lowest BCUT2D eigenvalue weighted by Crippen LogP contribution is -2.26. The Morgan fingerprint density at radius 1 is 1.69 bits per heavy atom. The number of carbonyl (C=O) groups is 1. The van der Waals surface area contributed by atoms with E-state index in [-0.39, 0.29) is 11.8 Å². The number of nitrogen functional groups attached to an aromatic ring is 1. The van der Waals surface area contributed by atoms with Gasteiger partial charge in [0.1, 0.15) is 5.82 Å². The van der Waals surface area contributed by atoms with E-state index in [1.807, 2.05) is 13.0 Å². The van der Waals surface area contributed by atoms with Gasteiger partial charge in [-0.3, -0.25) is 4.79 Å². The fourth-order valence-electron chi connectivity index (χ4n) is 1.96. The minimum atomic E-state index is -0.0218. The van der Waals surface area contributed by atoms with Crippen LogP contribution in [-0.4, -0.2) is 17.4 Å². The molecule has 1 atom stereocenters. The highest BCUT2D eigenvalue weighted by Gasteiger charge is 2.31. The first kappa shape index (κ1) is 10.5. The second kappa shape index (κ2) is 3.86. The highest BCUT2D eigenvalue weighted by molar-refractivity contribution is 5.99. The molecule has 0 aliphatic carbocycles. The lowest BCUT2D eigenvalue weighted by Gasteiger charge is -2.19. The molecule has 1 unspecified atom stereocenters. The molecule has 1 amide bonds. The molecule has 4 nitrogen and oxygen atoms in total. The molecule has 82 valence electrons. The first-order valence-electron chi connectivity index (χ1n) is 5.11. The maximum atomic E-state index is 11.8. The largest absolute Gasteiger partial charge is 0.382 e. The Balaban J connectivity index is 2.39. The van der Waals surface area contributed by atoms with Crippen LogP contribution in [0.1, 0.15) is 12.0 Å². The fourth-order valence-corrected chi connectivity index (χ4v) is 1.96. The van der Waals surface area contributed by atoms with Gasteiger partial charge in [-0.25, -0.2) is 4.98 Å². The summed E-state index contributed by atoms with van der Waals surface area (Å²) in [5.41, 5.74) is 7.44. The molecule has 1 fully saturated rings. The van der Waals surface area contributed by atoms with Gasteiger partial charge in [0.2, 0.25) is 5.91 Å². The van der Waals surface area contributed by atoms with Crippen LogP contribution >= 0.6 is 0 Å². The van der Waals surface area contributed by atoms with Crippen LogP contribution in [-0.2, 0) is 4.79 Å². The van der Waals surface area contributed by atoms with Crippen LogP contribution in [0.3, 0.4) is 0 Å². The molecule has 0 aromatic carbocycles. The fraction of sp³-hybridized carbons (Fsp3) is 0.333. The molecule has 0 radical (unpaired) electrons. The number of terminal acetylenes is 1. The number of hydrogen-bond donors (Lipinski definition) is 1. The number of pyridine rings is 1. The Labute approximate surface area is 94.5 Å². The molecular weight excluding hydrogens is 202 g/mol. The van der Waals surface area contributed by atoms with Gasteiger partial charge in [0, 0.05) is 25.1 Å². The normalized spacial score (nSPS) is 19.9. The van der Waals surface area contributed by atoms with Crippen molar-refractivity contribution in [1.29, 1.82) is 0 Å². The topological polar surface area (TPSA) is 59.2 Å². The number of hydrogen-bond acceptors (Lipinski definition) is 3. The molecule has 16 heavy (non-hydrogen) atoms. The molecule has 1 aliphatic heterocycles. The Morgan fingerprint density at radius 2 is 2.44 bits per heavy atom. The first-order chi connectivity index (χ1) is 7.63. The number of carbonyl (C=O) groups excluding carboxylic acids is 1. The van der Waals surface area contributed by atoms with E-state index in [1.165, 1.54) is 0 Å². The van der Waals surface area contributed by atoms with Crippen molar-refractivity contribution in [1.82, 2.24) is 4.98 Å². The van der Waals surface area contributed by atoms with E-state index in [9.17, 15) is 4.79 Å². The Bertz CT molecular complexity index is 455. The molecule has 2 N–H and O–H groups in total. The molecule has 4 heteroatoms. The summed E-state index contributed by atoms with van der Waals surface area (Å²) < 4.78 is 0. The quantitative estimate of drug-likeness (QED) is 0.710. The van der Waals surface area contributed by atoms with Crippen molar-refractivity contribution in [2.75, 3.05) is 17.2 Å². The van der Waals surface area contributed by atoms with E-state index in [4.69, 9.17) is 12.2 Å². The van der Waals surface area contributed by atoms with Gasteiger partial charge in [0.25, 0.3) is 0 Å². The van der Waals surface area contributed by atoms with Crippen molar-refractivity contribution in [2.45, 2.75) is 13.3 Å². The van der Waals surface area contributed by atoms with Crippen molar-refractivity contribution >= 4 is 17.4 Å². The van der Waals surface area contributed by atoms with Gasteiger partial charge < -0.3 is 10.6 Å². The molecule has 1 saturated heterocycles. The summed E-state index contributed by atoms with van der Waals surface area (Å²) in [5, 5.41) is 0. The number of rotatable bonds is 1. The van der Waals surface area contributed by atoms with Gasteiger partial charge in [-0.05, 0) is 18.6 Å². The number of nitrogens with zero attached hydrogens (tertiary/aromatic N) is 2. The Hall–Kier alpha value is -2.02. The highest BCUT2D eigenvalue weighted by atomic mass is 16.2. The average molecular weight is 215 g/mol. The molecule has 1 aromatic heterocycles. The van der Waals surface area contributed by atoms with Crippen LogP contribution in [0.25, 0.3) is 0 Å². The zero-order valence-electron chi connectivity index (χ0n) is 9.10. The second-order valence-electron chi connectivity index (χ2n) is 3.93. The lowest BCUT2D eigenvalue weighted by molar-refractivity contribution is -0.117. The summed E-state index contributed by atoms with van der Waals surface area (Å²) in [6.45, 7) is 2.44. The van der Waals surface area contributed by atoms with Gasteiger partial charge in [-0.1, -0.05) is 0 Å². The molecule has 0 spiro atoms. The SMILES string of the molecule is C#CC1CC(=O)N(c2c(C)ccnc2N)C1. The minimum Gasteiger partial charge on any atom is -0.382 e. The number of aromatic nitrogens is 1. The third kappa shape index (κ3) is 1.61. The molecule has 0 saturated carbocycles. The Morgan fingerprint density at radius 3 is 3.00 bits per heavy atom. The summed E-state index contributed by atoms with van der Waals surface area (Å²) >= 11 is 0. The molecule has 0 bridgehead atoms. The number of amides is 1. The standard InChI is InChI=1S/C12H13N3O/c1-3-9-6-10(16)15(7-9)11-8(2)4-5-14-12(11)13/h1,4-5,9H,6-7H2,2H3,(H2,13,14). The van der Waals surface area contributed by atoms with Gasteiger partial charge in [0.15, 0.2) is 0 Å². The van der Waals surface area contributed by atoms with E-state index < -0.39 is 0 Å². The van der Waals surface area contributed by atoms with E-state index in [0.29, 0.717) is 24.5 Å². The summed E-state index contributed by atoms with van der Waals surface area (Å²) in [6, 6.07) is 1.84. The highest BCUT2D eigenvalue weighted by Crippen LogP contribution is 2.30. The van der Waals surface area contributed by atoms with Crippen molar-refractivity contribution in [3.05, 3.63) is 17.8 Å². The first-order valence-corrected chi connectivity index (χ1v) is 5.11. The van der Waals surface area contributed by atoms with Gasteiger partial charge in [-0.2, -0.15) is 0 Å². The number of aryl methyl sites for hydroxylation is 1. The van der Waals surface area contributed by atoms with Crippen LogP contribution in [0.4, 0.5) is 11.5 Å². The number of anilines is 2. The van der Waals surface area contributed by atoms with Crippen molar-refractivity contribution in [3.63, 3.8) is 0 Å². The van der Waals surface area contributed by atoms with Gasteiger partial charge >= 0.3 is 0 Å². The van der Waals surface area contributed by atoms with E-state index in [0.717, 1.165) is 5.56 Å². The van der Waals surface area contributed by atoms with Crippen LogP contribution < -0.4 is 10.6 Å². The zero-order valence-corrected chi connectivity index (χ0v) is 9.10. The third-order valence-corrected chi connectivity index (χ3v) is 2.78. The van der Waals surface area contributed by atoms with Crippen LogP contribution in [0.15, 0.2) is 12.3 Å². The van der Waals surface area contributed by atoms with Gasteiger partial charge in [0.05, 0.1) is 5.69 Å². The van der Waals surface area contributed by atoms with Crippen LogP contribution in [0.2, 0.25) is 0 Å². The van der Waals surface area contributed by atoms with Crippen molar-refractivity contribution < 1.29 is 4.79 Å². The summed E-state index contributed by atoms with van der Waals surface area (Å²) in [6.07, 6.45) is 7.36. The summed E-state index contributed by atoms with van der Waals surface area (Å²) in [4.78, 5) is 17.4. The molecule has 2 heterocycles. The predicted molar refractivity (Wildman–Crippen MR) is 62.7 cm³/mol. The van der Waals surface area contributed by atoms with Crippen LogP contribution in [0, 0.1) is 25.2 Å². The summed E-state index contributed by atoms with van der Waals surface area (Å²) in [5.74, 6) is 2.99. The average Bonchev–Trinajstić information content (AvgIpc) is 2.60. The minimum absolute atomic E-state index is 0.0192.